The SMILES string of the molecule is CC(=O)c1ccc(OC2CCCC2N2CCCCC2)cc1CNC1CCC(=O)NC1=O. The number of piperidine rings is 2. The fourth-order valence-electron chi connectivity index (χ4n) is 5.14. The minimum Gasteiger partial charge on any atom is -0.489 e. The second kappa shape index (κ2) is 9.92. The maximum Gasteiger partial charge on any atom is 0.243 e. The molecule has 3 unspecified atom stereocenters. The summed E-state index contributed by atoms with van der Waals surface area (Å²) in [5.74, 6) is 0.226. The molecule has 1 aromatic carbocycles. The monoisotopic (exact) mass is 427 g/mol. The summed E-state index contributed by atoms with van der Waals surface area (Å²) < 4.78 is 6.44. The third kappa shape index (κ3) is 5.33. The van der Waals surface area contributed by atoms with Crippen molar-refractivity contribution < 1.29 is 19.1 Å². The number of amides is 2. The molecule has 0 aromatic heterocycles. The number of imide groups is 1. The van der Waals surface area contributed by atoms with Crippen molar-refractivity contribution in [3.05, 3.63) is 29.3 Å². The number of ketones is 1. The molecule has 1 saturated carbocycles. The first-order chi connectivity index (χ1) is 15.0. The molecular weight excluding hydrogens is 394 g/mol. The van der Waals surface area contributed by atoms with Crippen molar-refractivity contribution >= 4 is 17.6 Å². The summed E-state index contributed by atoms with van der Waals surface area (Å²) in [7, 11) is 0. The van der Waals surface area contributed by atoms with Crippen molar-refractivity contribution in [1.29, 1.82) is 0 Å². The molecule has 31 heavy (non-hydrogen) atoms. The van der Waals surface area contributed by atoms with E-state index in [0.717, 1.165) is 30.8 Å². The van der Waals surface area contributed by atoms with Crippen LogP contribution in [0.3, 0.4) is 0 Å². The van der Waals surface area contributed by atoms with E-state index in [0.29, 0.717) is 31.0 Å². The Bertz CT molecular complexity index is 834. The minimum absolute atomic E-state index is 0.0151. The molecule has 0 bridgehead atoms. The Kier molecular flexibility index (Phi) is 7.02. The van der Waals surface area contributed by atoms with Gasteiger partial charge in [0.05, 0.1) is 6.04 Å². The summed E-state index contributed by atoms with van der Waals surface area (Å²) >= 11 is 0. The van der Waals surface area contributed by atoms with Gasteiger partial charge in [-0.25, -0.2) is 0 Å². The van der Waals surface area contributed by atoms with E-state index in [2.05, 4.69) is 15.5 Å². The predicted molar refractivity (Wildman–Crippen MR) is 117 cm³/mol. The van der Waals surface area contributed by atoms with E-state index in [4.69, 9.17) is 4.74 Å². The summed E-state index contributed by atoms with van der Waals surface area (Å²) in [5.41, 5.74) is 1.45. The van der Waals surface area contributed by atoms with Gasteiger partial charge in [0, 0.05) is 24.6 Å². The van der Waals surface area contributed by atoms with Gasteiger partial charge in [-0.2, -0.15) is 0 Å². The molecular formula is C24H33N3O4. The molecule has 1 aromatic rings. The highest BCUT2D eigenvalue weighted by Gasteiger charge is 2.34. The standard InChI is InChI=1S/C24H33N3O4/c1-16(28)19-9-8-18(14-17(19)15-25-20-10-11-23(29)26-24(20)30)31-22-7-5-6-21(22)27-12-3-2-4-13-27/h8-9,14,20-22,25H,2-7,10-13,15H2,1H3,(H,26,29,30). The molecule has 3 atom stereocenters. The predicted octanol–water partition coefficient (Wildman–Crippen LogP) is 2.57. The number of ether oxygens (including phenoxy) is 1. The van der Waals surface area contributed by atoms with Crippen molar-refractivity contribution in [3.8, 4) is 5.75 Å². The summed E-state index contributed by atoms with van der Waals surface area (Å²) in [6.07, 6.45) is 8.25. The van der Waals surface area contributed by atoms with Crippen molar-refractivity contribution in [3.63, 3.8) is 0 Å². The Hall–Kier alpha value is -2.25. The first-order valence-electron chi connectivity index (χ1n) is 11.6. The van der Waals surface area contributed by atoms with Gasteiger partial charge in [0.2, 0.25) is 11.8 Å². The van der Waals surface area contributed by atoms with E-state index in [1.807, 2.05) is 18.2 Å². The Labute approximate surface area is 183 Å². The van der Waals surface area contributed by atoms with E-state index in [9.17, 15) is 14.4 Å². The van der Waals surface area contributed by atoms with Crippen LogP contribution in [0, 0.1) is 0 Å². The zero-order valence-corrected chi connectivity index (χ0v) is 18.3. The van der Waals surface area contributed by atoms with E-state index in [1.165, 1.54) is 32.1 Å². The van der Waals surface area contributed by atoms with Crippen LogP contribution in [-0.4, -0.2) is 53.8 Å². The van der Waals surface area contributed by atoms with E-state index in [-0.39, 0.29) is 23.7 Å². The fourth-order valence-corrected chi connectivity index (χ4v) is 5.14. The zero-order chi connectivity index (χ0) is 21.8. The summed E-state index contributed by atoms with van der Waals surface area (Å²) in [4.78, 5) is 38.1. The van der Waals surface area contributed by atoms with Gasteiger partial charge < -0.3 is 10.1 Å². The molecule has 0 radical (unpaired) electrons. The van der Waals surface area contributed by atoms with Crippen LogP contribution < -0.4 is 15.4 Å². The third-order valence-corrected chi connectivity index (χ3v) is 6.80. The number of likely N-dealkylation sites (tertiary alicyclic amines) is 1. The molecule has 3 fully saturated rings. The number of carbonyl (C=O) groups is 3. The molecule has 2 saturated heterocycles. The van der Waals surface area contributed by atoms with Gasteiger partial charge in [-0.1, -0.05) is 6.42 Å². The quantitative estimate of drug-likeness (QED) is 0.514. The van der Waals surface area contributed by atoms with Gasteiger partial charge in [-0.3, -0.25) is 24.6 Å². The maximum absolute atomic E-state index is 12.1. The average Bonchev–Trinajstić information content (AvgIpc) is 3.22. The van der Waals surface area contributed by atoms with E-state index in [1.54, 1.807) is 6.92 Å². The number of Topliss-reactive ketones (excluding diaryl/α,β-unsaturated/α-hetero) is 1. The van der Waals surface area contributed by atoms with Crippen LogP contribution in [0.5, 0.6) is 5.75 Å². The summed E-state index contributed by atoms with van der Waals surface area (Å²) in [6, 6.07) is 5.68. The molecule has 1 aliphatic carbocycles. The van der Waals surface area contributed by atoms with Crippen LogP contribution in [-0.2, 0) is 16.1 Å². The second-order valence-electron chi connectivity index (χ2n) is 9.01. The lowest BCUT2D eigenvalue weighted by molar-refractivity contribution is -0.134. The highest BCUT2D eigenvalue weighted by Crippen LogP contribution is 2.31. The molecule has 168 valence electrons. The van der Waals surface area contributed by atoms with Crippen LogP contribution in [0.1, 0.15) is 74.2 Å². The average molecular weight is 428 g/mol. The zero-order valence-electron chi connectivity index (χ0n) is 18.3. The number of hydrogen-bond acceptors (Lipinski definition) is 6. The van der Waals surface area contributed by atoms with Crippen molar-refractivity contribution in [1.82, 2.24) is 15.5 Å². The Balaban J connectivity index is 1.44. The molecule has 7 nitrogen and oxygen atoms in total. The molecule has 7 heteroatoms. The largest absolute Gasteiger partial charge is 0.489 e. The normalized spacial score (nSPS) is 27.2. The highest BCUT2D eigenvalue weighted by atomic mass is 16.5. The minimum atomic E-state index is -0.430. The van der Waals surface area contributed by atoms with Crippen LogP contribution >= 0.6 is 0 Å². The molecule has 2 aliphatic heterocycles. The van der Waals surface area contributed by atoms with Gasteiger partial charge in [-0.05, 0) is 82.3 Å². The number of nitrogens with zero attached hydrogens (tertiary/aromatic N) is 1. The topological polar surface area (TPSA) is 87.7 Å². The molecule has 4 rings (SSSR count). The molecule has 2 N–H and O–H groups in total. The highest BCUT2D eigenvalue weighted by molar-refractivity contribution is 6.00. The third-order valence-electron chi connectivity index (χ3n) is 6.80. The van der Waals surface area contributed by atoms with Crippen LogP contribution in [0.4, 0.5) is 0 Å². The molecule has 2 heterocycles. The first kappa shape index (κ1) is 22.0. The van der Waals surface area contributed by atoms with E-state index >= 15 is 0 Å². The lowest BCUT2D eigenvalue weighted by atomic mass is 10.0. The molecule has 3 aliphatic rings. The van der Waals surface area contributed by atoms with Gasteiger partial charge in [-0.15, -0.1) is 0 Å². The smallest absolute Gasteiger partial charge is 0.243 e. The number of hydrogen-bond donors (Lipinski definition) is 2. The molecule has 0 spiro atoms. The van der Waals surface area contributed by atoms with Gasteiger partial charge in [0.1, 0.15) is 11.9 Å². The van der Waals surface area contributed by atoms with E-state index < -0.39 is 6.04 Å². The Morgan fingerprint density at radius 3 is 2.68 bits per heavy atom. The van der Waals surface area contributed by atoms with Gasteiger partial charge in [0.25, 0.3) is 0 Å². The lowest BCUT2D eigenvalue weighted by Gasteiger charge is -2.35. The van der Waals surface area contributed by atoms with Crippen LogP contribution in [0.25, 0.3) is 0 Å². The number of rotatable bonds is 7. The van der Waals surface area contributed by atoms with Crippen LogP contribution in [0.2, 0.25) is 0 Å². The maximum atomic E-state index is 12.1. The van der Waals surface area contributed by atoms with Crippen molar-refractivity contribution in [2.75, 3.05) is 13.1 Å². The van der Waals surface area contributed by atoms with Gasteiger partial charge in [0.15, 0.2) is 5.78 Å². The number of benzene rings is 1. The Morgan fingerprint density at radius 1 is 1.13 bits per heavy atom. The van der Waals surface area contributed by atoms with Crippen molar-refractivity contribution in [2.24, 2.45) is 0 Å². The second-order valence-corrected chi connectivity index (χ2v) is 9.01. The number of nitrogens with one attached hydrogen (secondary N) is 2. The van der Waals surface area contributed by atoms with Crippen molar-refractivity contribution in [2.45, 2.75) is 83.0 Å². The number of carbonyl (C=O) groups excluding carboxylic acids is 3. The Morgan fingerprint density at radius 2 is 1.94 bits per heavy atom. The van der Waals surface area contributed by atoms with Crippen LogP contribution in [0.15, 0.2) is 18.2 Å². The summed E-state index contributed by atoms with van der Waals surface area (Å²) in [6.45, 7) is 4.25. The lowest BCUT2D eigenvalue weighted by Crippen LogP contribution is -2.50. The molecule has 2 amide bonds. The summed E-state index contributed by atoms with van der Waals surface area (Å²) in [5, 5.41) is 5.57. The van der Waals surface area contributed by atoms with Gasteiger partial charge >= 0.3 is 0 Å². The fraction of sp³-hybridized carbons (Fsp3) is 0.625. The first-order valence-corrected chi connectivity index (χ1v) is 11.6.